The van der Waals surface area contributed by atoms with Crippen molar-refractivity contribution in [1.82, 2.24) is 0 Å². The first kappa shape index (κ1) is 38.8. The normalized spacial score (nSPS) is 13.5. The second-order valence-electron chi connectivity index (χ2n) is 11.7. The second-order valence-corrected chi connectivity index (χ2v) is 11.7. The molecule has 0 amide bonds. The number of carbonyl (C=O) groups is 3. The Balaban J connectivity index is 4.54. The molecule has 0 saturated carbocycles. The molecule has 0 aromatic carbocycles. The van der Waals surface area contributed by atoms with Gasteiger partial charge in [0.25, 0.3) is 0 Å². The molecule has 0 aromatic rings. The van der Waals surface area contributed by atoms with E-state index in [4.69, 9.17) is 14.2 Å². The zero-order valence-electron chi connectivity index (χ0n) is 26.7. The fourth-order valence-corrected chi connectivity index (χ4v) is 4.36. The molecule has 238 valence electrons. The smallest absolute Gasteiger partial charge is 0.306 e. The van der Waals surface area contributed by atoms with Crippen molar-refractivity contribution in [1.29, 1.82) is 0 Å². The number of unbranched alkanes of at least 4 members (excludes halogenated alkanes) is 9. The lowest BCUT2D eigenvalue weighted by atomic mass is 10.1. The van der Waals surface area contributed by atoms with E-state index in [1.54, 1.807) is 21.1 Å². The third-order valence-electron chi connectivity index (χ3n) is 6.87. The predicted octanol–water partition coefficient (Wildman–Crippen LogP) is 5.68. The first-order valence-corrected chi connectivity index (χ1v) is 15.9. The second kappa shape index (κ2) is 25.5. The molecule has 41 heavy (non-hydrogen) atoms. The number of likely N-dealkylation sites (N-methyl/N-ethyl adjacent to an activating group) is 1. The highest BCUT2D eigenvalue weighted by atomic mass is 16.6. The highest BCUT2D eigenvalue weighted by Gasteiger charge is 2.25. The Kier molecular flexibility index (Phi) is 24.2. The number of rotatable bonds is 27. The summed E-state index contributed by atoms with van der Waals surface area (Å²) >= 11 is 0. The van der Waals surface area contributed by atoms with Gasteiger partial charge in [-0.3, -0.25) is 9.59 Å². The van der Waals surface area contributed by atoms with Crippen molar-refractivity contribution in [3.63, 3.8) is 0 Å². The summed E-state index contributed by atoms with van der Waals surface area (Å²) in [6, 6.07) is -0.728. The van der Waals surface area contributed by atoms with E-state index in [1.165, 1.54) is 44.9 Å². The Morgan fingerprint density at radius 3 is 1.95 bits per heavy atom. The van der Waals surface area contributed by atoms with Gasteiger partial charge in [0.05, 0.1) is 40.3 Å². The molecular formula is C33H59NO7. The van der Waals surface area contributed by atoms with Crippen LogP contribution in [0.2, 0.25) is 0 Å². The highest BCUT2D eigenvalue weighted by molar-refractivity contribution is 5.70. The van der Waals surface area contributed by atoms with Crippen molar-refractivity contribution < 1.29 is 38.2 Å². The van der Waals surface area contributed by atoms with E-state index in [0.717, 1.165) is 32.1 Å². The Bertz CT molecular complexity index is 742. The van der Waals surface area contributed by atoms with E-state index >= 15 is 0 Å². The van der Waals surface area contributed by atoms with Crippen LogP contribution in [0.4, 0.5) is 0 Å². The number of carbonyl (C=O) groups excluding carboxylic acids is 3. The van der Waals surface area contributed by atoms with Crippen LogP contribution in [0, 0.1) is 0 Å². The minimum absolute atomic E-state index is 0.0197. The zero-order chi connectivity index (χ0) is 30.8. The summed E-state index contributed by atoms with van der Waals surface area (Å²) in [7, 11) is 5.36. The number of hydrogen-bond donors (Lipinski definition) is 0. The lowest BCUT2D eigenvalue weighted by Crippen LogP contribution is -2.55. The molecule has 0 aliphatic heterocycles. The van der Waals surface area contributed by atoms with Gasteiger partial charge in [-0.25, -0.2) is 0 Å². The maximum absolute atomic E-state index is 12.4. The predicted molar refractivity (Wildman–Crippen MR) is 162 cm³/mol. The van der Waals surface area contributed by atoms with Gasteiger partial charge in [-0.1, -0.05) is 95.9 Å². The van der Waals surface area contributed by atoms with E-state index in [1.807, 2.05) is 12.2 Å². The van der Waals surface area contributed by atoms with Crippen molar-refractivity contribution in [2.24, 2.45) is 0 Å². The van der Waals surface area contributed by atoms with Crippen molar-refractivity contribution >= 4 is 17.9 Å². The van der Waals surface area contributed by atoms with Gasteiger partial charge in [0, 0.05) is 19.3 Å². The molecule has 0 N–H and O–H groups in total. The molecule has 0 bridgehead atoms. The zero-order valence-corrected chi connectivity index (χ0v) is 26.7. The van der Waals surface area contributed by atoms with Crippen molar-refractivity contribution in [2.45, 2.75) is 129 Å². The first-order valence-electron chi connectivity index (χ1n) is 15.9. The summed E-state index contributed by atoms with van der Waals surface area (Å²) < 4.78 is 16.8. The number of hydrogen-bond acceptors (Lipinski definition) is 7. The van der Waals surface area contributed by atoms with E-state index in [-0.39, 0.29) is 43.1 Å². The van der Waals surface area contributed by atoms with Crippen molar-refractivity contribution in [3.8, 4) is 0 Å². The number of nitrogens with zero attached hydrogens (tertiary/aromatic N) is 1. The van der Waals surface area contributed by atoms with Gasteiger partial charge in [-0.05, 0) is 25.7 Å². The Morgan fingerprint density at radius 1 is 0.756 bits per heavy atom. The number of ether oxygens (including phenoxy) is 3. The van der Waals surface area contributed by atoms with Crippen molar-refractivity contribution in [3.05, 3.63) is 24.3 Å². The molecule has 0 aliphatic rings. The molecular weight excluding hydrogens is 522 g/mol. The van der Waals surface area contributed by atoms with Crippen LogP contribution >= 0.6 is 0 Å². The average Bonchev–Trinajstić information content (AvgIpc) is 2.91. The fraction of sp³-hybridized carbons (Fsp3) is 0.788. The van der Waals surface area contributed by atoms with Crippen LogP contribution in [-0.2, 0) is 28.6 Å². The molecule has 0 saturated heterocycles. The third-order valence-corrected chi connectivity index (χ3v) is 6.87. The van der Waals surface area contributed by atoms with Crippen LogP contribution in [0.1, 0.15) is 117 Å². The summed E-state index contributed by atoms with van der Waals surface area (Å²) in [5, 5.41) is 11.5. The lowest BCUT2D eigenvalue weighted by Gasteiger charge is -2.34. The van der Waals surface area contributed by atoms with Gasteiger partial charge in [-0.15, -0.1) is 0 Å². The topological polar surface area (TPSA) is 102 Å². The van der Waals surface area contributed by atoms with Crippen LogP contribution in [0.3, 0.4) is 0 Å². The molecule has 0 fully saturated rings. The van der Waals surface area contributed by atoms with Crippen LogP contribution in [0.5, 0.6) is 0 Å². The Morgan fingerprint density at radius 2 is 1.37 bits per heavy atom. The van der Waals surface area contributed by atoms with Crippen LogP contribution in [-0.4, -0.2) is 75.5 Å². The first-order chi connectivity index (χ1) is 19.6. The molecule has 0 aromatic heterocycles. The molecule has 0 spiro atoms. The average molecular weight is 582 g/mol. The highest BCUT2D eigenvalue weighted by Crippen LogP contribution is 2.12. The number of carboxylic acids is 1. The van der Waals surface area contributed by atoms with E-state index in [0.29, 0.717) is 12.8 Å². The summed E-state index contributed by atoms with van der Waals surface area (Å²) in [6.07, 6.45) is 22.5. The molecule has 2 atom stereocenters. The maximum Gasteiger partial charge on any atom is 0.306 e. The minimum atomic E-state index is -1.14. The van der Waals surface area contributed by atoms with Gasteiger partial charge in [0.15, 0.2) is 6.10 Å². The lowest BCUT2D eigenvalue weighted by molar-refractivity contribution is -0.889. The van der Waals surface area contributed by atoms with Crippen LogP contribution < -0.4 is 5.11 Å². The quantitative estimate of drug-likeness (QED) is 0.0533. The largest absolute Gasteiger partial charge is 0.544 e. The van der Waals surface area contributed by atoms with E-state index in [2.05, 4.69) is 26.0 Å². The molecule has 0 aliphatic carbocycles. The van der Waals surface area contributed by atoms with Crippen LogP contribution in [0.15, 0.2) is 24.3 Å². The Hall–Kier alpha value is -2.19. The van der Waals surface area contributed by atoms with Crippen molar-refractivity contribution in [2.75, 3.05) is 41.0 Å². The summed E-state index contributed by atoms with van der Waals surface area (Å²) in [6.45, 7) is 4.40. The minimum Gasteiger partial charge on any atom is -0.544 e. The molecule has 0 heterocycles. The number of quaternary nitrogens is 1. The molecule has 8 nitrogen and oxygen atoms in total. The number of aliphatic carboxylic acids is 1. The molecule has 0 rings (SSSR count). The van der Waals surface area contributed by atoms with Crippen LogP contribution in [0.25, 0.3) is 0 Å². The summed E-state index contributed by atoms with van der Waals surface area (Å²) in [5.74, 6) is -1.84. The van der Waals surface area contributed by atoms with E-state index in [9.17, 15) is 19.5 Å². The summed E-state index contributed by atoms with van der Waals surface area (Å²) in [4.78, 5) is 36.2. The molecule has 8 heteroatoms. The molecule has 2 unspecified atom stereocenters. The number of esters is 2. The number of carboxylic acid groups (broad SMARTS) is 1. The van der Waals surface area contributed by atoms with Gasteiger partial charge in [-0.2, -0.15) is 0 Å². The SMILES string of the molecule is CC/C=C/C/C=C/CCC(=O)OC(COCCC(C(=O)[O-])[N+](C)(C)C)COC(=O)CCCCCCCCCCCC. The van der Waals surface area contributed by atoms with Gasteiger partial charge in [0.1, 0.15) is 12.6 Å². The number of allylic oxidation sites excluding steroid dienone is 4. The fourth-order valence-electron chi connectivity index (χ4n) is 4.36. The monoisotopic (exact) mass is 581 g/mol. The Labute approximate surface area is 250 Å². The van der Waals surface area contributed by atoms with E-state index < -0.39 is 24.1 Å². The van der Waals surface area contributed by atoms with Gasteiger partial charge < -0.3 is 28.6 Å². The summed E-state index contributed by atoms with van der Waals surface area (Å²) in [5.41, 5.74) is 0. The maximum atomic E-state index is 12.4. The standard InChI is InChI=1S/C33H59NO7/c1-6-8-10-12-14-15-16-18-19-21-23-31(35)40-28-29(27-39-26-25-30(33(37)38)34(3,4)5)41-32(36)24-22-20-17-13-11-9-7-2/h9,11,17,20,29-30H,6-8,10,12-16,18-19,21-28H2,1-5H3/b11-9+,20-17+. The van der Waals surface area contributed by atoms with Gasteiger partial charge in [0.2, 0.25) is 0 Å². The molecule has 0 radical (unpaired) electrons. The third kappa shape index (κ3) is 24.1. The van der Waals surface area contributed by atoms with Gasteiger partial charge >= 0.3 is 11.9 Å².